The van der Waals surface area contributed by atoms with Gasteiger partial charge in [0.15, 0.2) is 0 Å². The van der Waals surface area contributed by atoms with Crippen LogP contribution >= 0.6 is 0 Å². The molecule has 2 N–H and O–H groups in total. The molecule has 1 atom stereocenters. The Hall–Kier alpha value is -0.870. The Morgan fingerprint density at radius 2 is 2.33 bits per heavy atom. The van der Waals surface area contributed by atoms with Crippen LogP contribution in [0.5, 0.6) is 0 Å². The molecule has 15 heavy (non-hydrogen) atoms. The molecule has 0 radical (unpaired) electrons. The smallest absolute Gasteiger partial charge is 0.122 e. The van der Waals surface area contributed by atoms with Crippen LogP contribution in [0.2, 0.25) is 0 Å². The Morgan fingerprint density at radius 3 is 2.80 bits per heavy atom. The molecule has 4 heteroatoms. The number of aryl methyl sites for hydroxylation is 1. The molecule has 4 nitrogen and oxygen atoms in total. The van der Waals surface area contributed by atoms with Crippen molar-refractivity contribution < 1.29 is 0 Å². The van der Waals surface area contributed by atoms with Crippen LogP contribution in [0.25, 0.3) is 0 Å². The quantitative estimate of drug-likeness (QED) is 0.757. The number of nitrogens with zero attached hydrogens (tertiary/aromatic N) is 3. The van der Waals surface area contributed by atoms with Gasteiger partial charge in [0.2, 0.25) is 0 Å². The van der Waals surface area contributed by atoms with Crippen molar-refractivity contribution in [1.29, 1.82) is 0 Å². The summed E-state index contributed by atoms with van der Waals surface area (Å²) in [6.45, 7) is 4.88. The average molecular weight is 210 g/mol. The fourth-order valence-corrected chi connectivity index (χ4v) is 1.67. The van der Waals surface area contributed by atoms with Gasteiger partial charge in [-0.3, -0.25) is 4.90 Å². The number of imidazole rings is 1. The van der Waals surface area contributed by atoms with Gasteiger partial charge in [0.05, 0.1) is 6.54 Å². The summed E-state index contributed by atoms with van der Waals surface area (Å²) in [5.41, 5.74) is 5.69. The van der Waals surface area contributed by atoms with E-state index >= 15 is 0 Å². The number of nitrogens with two attached hydrogens (primary N) is 1. The molecule has 0 aromatic carbocycles. The molecule has 0 amide bonds. The second-order valence-corrected chi connectivity index (χ2v) is 4.16. The molecule has 86 valence electrons. The molecule has 1 rings (SSSR count). The predicted octanol–water partition coefficient (Wildman–Crippen LogP) is 0.837. The summed E-state index contributed by atoms with van der Waals surface area (Å²) in [7, 11) is 4.14. The summed E-state index contributed by atoms with van der Waals surface area (Å²) in [4.78, 5) is 6.59. The van der Waals surface area contributed by atoms with E-state index < -0.39 is 0 Å². The Bertz CT molecular complexity index is 278. The first-order chi connectivity index (χ1) is 7.17. The van der Waals surface area contributed by atoms with E-state index in [1.54, 1.807) is 0 Å². The highest BCUT2D eigenvalue weighted by Crippen LogP contribution is 2.05. The Balaban J connectivity index is 2.42. The van der Waals surface area contributed by atoms with Crippen molar-refractivity contribution in [3.63, 3.8) is 0 Å². The van der Waals surface area contributed by atoms with Crippen LogP contribution in [-0.2, 0) is 13.6 Å². The first kappa shape index (κ1) is 12.2. The van der Waals surface area contributed by atoms with Crippen molar-refractivity contribution in [2.24, 2.45) is 18.7 Å². The van der Waals surface area contributed by atoms with Gasteiger partial charge in [-0.05, 0) is 19.5 Å². The molecular formula is C11H22N4. The molecule has 0 aliphatic carbocycles. The van der Waals surface area contributed by atoms with E-state index in [9.17, 15) is 0 Å². The minimum atomic E-state index is 0.593. The summed E-state index contributed by atoms with van der Waals surface area (Å²) >= 11 is 0. The SMILES string of the molecule is CCC(CN)CN(C)Cc1nccn1C. The number of hydrogen-bond acceptors (Lipinski definition) is 3. The zero-order chi connectivity index (χ0) is 11.3. The fourth-order valence-electron chi connectivity index (χ4n) is 1.67. The lowest BCUT2D eigenvalue weighted by Gasteiger charge is -2.21. The van der Waals surface area contributed by atoms with E-state index in [-0.39, 0.29) is 0 Å². The van der Waals surface area contributed by atoms with E-state index in [0.717, 1.165) is 31.9 Å². The average Bonchev–Trinajstić information content (AvgIpc) is 2.61. The molecule has 0 fully saturated rings. The van der Waals surface area contributed by atoms with Crippen molar-refractivity contribution >= 4 is 0 Å². The van der Waals surface area contributed by atoms with Gasteiger partial charge in [-0.2, -0.15) is 0 Å². The first-order valence-electron chi connectivity index (χ1n) is 5.52. The molecule has 0 saturated carbocycles. The fraction of sp³-hybridized carbons (Fsp3) is 0.727. The van der Waals surface area contributed by atoms with Crippen LogP contribution in [0, 0.1) is 5.92 Å². The van der Waals surface area contributed by atoms with Gasteiger partial charge in [0, 0.05) is 26.0 Å². The molecule has 1 aromatic heterocycles. The standard InChI is InChI=1S/C11H22N4/c1-4-10(7-12)8-14(2)9-11-13-5-6-15(11)3/h5-6,10H,4,7-9,12H2,1-3H3. The van der Waals surface area contributed by atoms with Gasteiger partial charge in [0.1, 0.15) is 5.82 Å². The zero-order valence-electron chi connectivity index (χ0n) is 9.98. The maximum atomic E-state index is 5.69. The van der Waals surface area contributed by atoms with Gasteiger partial charge >= 0.3 is 0 Å². The van der Waals surface area contributed by atoms with Crippen LogP contribution < -0.4 is 5.73 Å². The lowest BCUT2D eigenvalue weighted by molar-refractivity contribution is 0.260. The van der Waals surface area contributed by atoms with Gasteiger partial charge < -0.3 is 10.3 Å². The van der Waals surface area contributed by atoms with Crippen LogP contribution in [0.1, 0.15) is 19.2 Å². The van der Waals surface area contributed by atoms with E-state index in [4.69, 9.17) is 5.73 Å². The summed E-state index contributed by atoms with van der Waals surface area (Å²) in [5, 5.41) is 0. The van der Waals surface area contributed by atoms with E-state index in [1.807, 2.05) is 19.4 Å². The molecule has 1 heterocycles. The molecule has 0 saturated heterocycles. The van der Waals surface area contributed by atoms with Crippen molar-refractivity contribution in [3.05, 3.63) is 18.2 Å². The number of rotatable bonds is 6. The third-order valence-electron chi connectivity index (χ3n) is 2.81. The summed E-state index contributed by atoms with van der Waals surface area (Å²) in [6.07, 6.45) is 4.95. The normalized spacial score (nSPS) is 13.4. The predicted molar refractivity (Wildman–Crippen MR) is 62.4 cm³/mol. The van der Waals surface area contributed by atoms with Crippen LogP contribution in [-0.4, -0.2) is 34.6 Å². The maximum Gasteiger partial charge on any atom is 0.122 e. The summed E-state index contributed by atoms with van der Waals surface area (Å²) in [5.74, 6) is 1.69. The lowest BCUT2D eigenvalue weighted by Crippen LogP contribution is -2.30. The molecule has 1 aromatic rings. The van der Waals surface area contributed by atoms with Gasteiger partial charge in [-0.25, -0.2) is 4.98 Å². The van der Waals surface area contributed by atoms with Gasteiger partial charge in [0.25, 0.3) is 0 Å². The van der Waals surface area contributed by atoms with Crippen LogP contribution in [0.15, 0.2) is 12.4 Å². The maximum absolute atomic E-state index is 5.69. The molecule has 0 spiro atoms. The highest BCUT2D eigenvalue weighted by molar-refractivity contribution is 4.90. The second-order valence-electron chi connectivity index (χ2n) is 4.16. The third-order valence-corrected chi connectivity index (χ3v) is 2.81. The third kappa shape index (κ3) is 3.64. The molecule has 0 aliphatic rings. The van der Waals surface area contributed by atoms with E-state index in [1.165, 1.54) is 0 Å². The molecule has 1 unspecified atom stereocenters. The van der Waals surface area contributed by atoms with E-state index in [0.29, 0.717) is 5.92 Å². The monoisotopic (exact) mass is 210 g/mol. The minimum Gasteiger partial charge on any atom is -0.337 e. The molecule has 0 bridgehead atoms. The minimum absolute atomic E-state index is 0.593. The molecular weight excluding hydrogens is 188 g/mol. The highest BCUT2D eigenvalue weighted by atomic mass is 15.2. The first-order valence-corrected chi connectivity index (χ1v) is 5.52. The largest absolute Gasteiger partial charge is 0.337 e. The van der Waals surface area contributed by atoms with Crippen molar-refractivity contribution in [2.45, 2.75) is 19.9 Å². The molecule has 0 aliphatic heterocycles. The van der Waals surface area contributed by atoms with Gasteiger partial charge in [-0.15, -0.1) is 0 Å². The van der Waals surface area contributed by atoms with Crippen molar-refractivity contribution in [2.75, 3.05) is 20.1 Å². The number of aromatic nitrogens is 2. The van der Waals surface area contributed by atoms with Gasteiger partial charge in [-0.1, -0.05) is 13.3 Å². The van der Waals surface area contributed by atoms with Crippen LogP contribution in [0.4, 0.5) is 0 Å². The second kappa shape index (κ2) is 5.88. The zero-order valence-corrected chi connectivity index (χ0v) is 9.98. The van der Waals surface area contributed by atoms with Crippen LogP contribution in [0.3, 0.4) is 0 Å². The van der Waals surface area contributed by atoms with E-state index in [2.05, 4.69) is 28.4 Å². The Labute approximate surface area is 92.1 Å². The number of hydrogen-bond donors (Lipinski definition) is 1. The van der Waals surface area contributed by atoms with Crippen molar-refractivity contribution in [3.8, 4) is 0 Å². The van der Waals surface area contributed by atoms with Crippen molar-refractivity contribution in [1.82, 2.24) is 14.5 Å². The lowest BCUT2D eigenvalue weighted by atomic mass is 10.1. The topological polar surface area (TPSA) is 47.1 Å². The Kier molecular flexibility index (Phi) is 4.78. The summed E-state index contributed by atoms with van der Waals surface area (Å²) in [6, 6.07) is 0. The highest BCUT2D eigenvalue weighted by Gasteiger charge is 2.09. The Morgan fingerprint density at radius 1 is 1.60 bits per heavy atom. The summed E-state index contributed by atoms with van der Waals surface area (Å²) < 4.78 is 2.06.